The van der Waals surface area contributed by atoms with E-state index in [-0.39, 0.29) is 6.61 Å². The van der Waals surface area contributed by atoms with Crippen molar-refractivity contribution in [2.24, 2.45) is 0 Å². The highest BCUT2D eigenvalue weighted by Gasteiger charge is 2.12. The highest BCUT2D eigenvalue weighted by molar-refractivity contribution is 5.46. The molecule has 0 saturated carbocycles. The molecule has 5 nitrogen and oxygen atoms in total. The van der Waals surface area contributed by atoms with E-state index in [0.29, 0.717) is 24.7 Å². The normalized spacial score (nSPS) is 10.6. The summed E-state index contributed by atoms with van der Waals surface area (Å²) in [7, 11) is 0. The van der Waals surface area contributed by atoms with Crippen molar-refractivity contribution in [3.63, 3.8) is 0 Å². The fraction of sp³-hybridized carbons (Fsp3) is 0.438. The fourth-order valence-electron chi connectivity index (χ4n) is 2.18. The summed E-state index contributed by atoms with van der Waals surface area (Å²) < 4.78 is 13.5. The van der Waals surface area contributed by atoms with E-state index in [1.165, 1.54) is 0 Å². The van der Waals surface area contributed by atoms with Crippen LogP contribution in [0.1, 0.15) is 31.5 Å². The van der Waals surface area contributed by atoms with Gasteiger partial charge in [0.05, 0.1) is 31.4 Å². The Bertz CT molecular complexity index is 566. The van der Waals surface area contributed by atoms with Gasteiger partial charge in [-0.05, 0) is 19.4 Å². The van der Waals surface area contributed by atoms with Crippen LogP contribution < -0.4 is 9.47 Å². The minimum absolute atomic E-state index is 0.0789. The van der Waals surface area contributed by atoms with Gasteiger partial charge in [0.15, 0.2) is 11.5 Å². The number of para-hydroxylation sites is 1. The Labute approximate surface area is 125 Å². The van der Waals surface area contributed by atoms with Crippen molar-refractivity contribution in [3.8, 4) is 11.5 Å². The van der Waals surface area contributed by atoms with Gasteiger partial charge in [0.25, 0.3) is 0 Å². The monoisotopic (exact) mass is 290 g/mol. The van der Waals surface area contributed by atoms with E-state index in [0.717, 1.165) is 24.2 Å². The van der Waals surface area contributed by atoms with Gasteiger partial charge in [0.1, 0.15) is 6.61 Å². The van der Waals surface area contributed by atoms with Crippen LogP contribution in [0, 0.1) is 0 Å². The molecule has 1 heterocycles. The van der Waals surface area contributed by atoms with Crippen molar-refractivity contribution in [3.05, 3.63) is 42.0 Å². The Balaban J connectivity index is 2.16. The second kappa shape index (κ2) is 7.69. The van der Waals surface area contributed by atoms with Crippen LogP contribution in [0.3, 0.4) is 0 Å². The van der Waals surface area contributed by atoms with E-state index >= 15 is 0 Å². The van der Waals surface area contributed by atoms with Crippen LogP contribution in [-0.4, -0.2) is 21.3 Å². The molecule has 0 spiro atoms. The third kappa shape index (κ3) is 3.76. The first kappa shape index (κ1) is 15.4. The Morgan fingerprint density at radius 1 is 1.24 bits per heavy atom. The number of hydrogen-bond donors (Lipinski definition) is 1. The van der Waals surface area contributed by atoms with Gasteiger partial charge in [-0.3, -0.25) is 0 Å². The van der Waals surface area contributed by atoms with Crippen LogP contribution in [0.2, 0.25) is 0 Å². The fourth-order valence-corrected chi connectivity index (χ4v) is 2.18. The van der Waals surface area contributed by atoms with E-state index in [9.17, 15) is 5.11 Å². The minimum Gasteiger partial charge on any atom is -0.490 e. The standard InChI is InChI=1S/C16H22N2O3/c1-3-8-18-12-17-9-14(18)11-21-16-13(10-19)6-5-7-15(16)20-4-2/h5-7,9,12,19H,3-4,8,10-11H2,1-2H3. The lowest BCUT2D eigenvalue weighted by Gasteiger charge is -2.15. The molecule has 1 N–H and O–H groups in total. The summed E-state index contributed by atoms with van der Waals surface area (Å²) in [6.45, 7) is 5.84. The van der Waals surface area contributed by atoms with Crippen molar-refractivity contribution in [2.75, 3.05) is 6.61 Å². The Morgan fingerprint density at radius 3 is 2.81 bits per heavy atom. The second-order valence-electron chi connectivity index (χ2n) is 4.70. The molecule has 0 aliphatic rings. The predicted molar refractivity (Wildman–Crippen MR) is 80.4 cm³/mol. The first-order valence-electron chi connectivity index (χ1n) is 7.27. The summed E-state index contributed by atoms with van der Waals surface area (Å²) in [5, 5.41) is 9.45. The van der Waals surface area contributed by atoms with Crippen LogP contribution >= 0.6 is 0 Å². The van der Waals surface area contributed by atoms with Gasteiger partial charge in [-0.2, -0.15) is 0 Å². The number of benzene rings is 1. The lowest BCUT2D eigenvalue weighted by molar-refractivity contribution is 0.239. The maximum atomic E-state index is 9.45. The van der Waals surface area contributed by atoms with E-state index in [2.05, 4.69) is 16.5 Å². The van der Waals surface area contributed by atoms with Crippen molar-refractivity contribution in [1.29, 1.82) is 0 Å². The lowest BCUT2D eigenvalue weighted by Crippen LogP contribution is -2.07. The number of ether oxygens (including phenoxy) is 2. The van der Waals surface area contributed by atoms with Crippen LogP contribution in [0.5, 0.6) is 11.5 Å². The van der Waals surface area contributed by atoms with Crippen molar-refractivity contribution >= 4 is 0 Å². The molecule has 114 valence electrons. The zero-order valence-corrected chi connectivity index (χ0v) is 12.6. The third-order valence-electron chi connectivity index (χ3n) is 3.16. The lowest BCUT2D eigenvalue weighted by atomic mass is 10.2. The molecule has 1 aromatic heterocycles. The summed E-state index contributed by atoms with van der Waals surface area (Å²) in [5.41, 5.74) is 1.73. The Kier molecular flexibility index (Phi) is 5.63. The van der Waals surface area contributed by atoms with Gasteiger partial charge in [0.2, 0.25) is 0 Å². The number of aryl methyl sites for hydroxylation is 1. The van der Waals surface area contributed by atoms with Crippen molar-refractivity contribution < 1.29 is 14.6 Å². The molecule has 0 saturated heterocycles. The maximum Gasteiger partial charge on any atom is 0.167 e. The SMILES string of the molecule is CCCn1cncc1COc1c(CO)cccc1OCC. The van der Waals surface area contributed by atoms with Crippen molar-refractivity contribution in [2.45, 2.75) is 40.0 Å². The highest BCUT2D eigenvalue weighted by Crippen LogP contribution is 2.32. The molecule has 1 aromatic carbocycles. The molecular formula is C16H22N2O3. The van der Waals surface area contributed by atoms with Crippen molar-refractivity contribution in [1.82, 2.24) is 9.55 Å². The summed E-state index contributed by atoms with van der Waals surface area (Å²) >= 11 is 0. The molecule has 0 fully saturated rings. The van der Waals surface area contributed by atoms with Crippen LogP contribution in [0.15, 0.2) is 30.7 Å². The molecule has 0 atom stereocenters. The molecule has 21 heavy (non-hydrogen) atoms. The molecule has 0 bridgehead atoms. The summed E-state index contributed by atoms with van der Waals surface area (Å²) in [4.78, 5) is 4.16. The maximum absolute atomic E-state index is 9.45. The van der Waals surface area contributed by atoms with Crippen LogP contribution in [0.4, 0.5) is 0 Å². The second-order valence-corrected chi connectivity index (χ2v) is 4.70. The van der Waals surface area contributed by atoms with E-state index < -0.39 is 0 Å². The highest BCUT2D eigenvalue weighted by atomic mass is 16.5. The predicted octanol–water partition coefficient (Wildman–Crippen LogP) is 2.76. The number of aliphatic hydroxyl groups excluding tert-OH is 1. The Hall–Kier alpha value is -2.01. The quantitative estimate of drug-likeness (QED) is 0.812. The number of hydrogen-bond acceptors (Lipinski definition) is 4. The Morgan fingerprint density at radius 2 is 2.10 bits per heavy atom. The first-order chi connectivity index (χ1) is 10.3. The topological polar surface area (TPSA) is 56.5 Å². The third-order valence-corrected chi connectivity index (χ3v) is 3.16. The van der Waals surface area contributed by atoms with E-state index in [1.807, 2.05) is 31.5 Å². The van der Waals surface area contributed by atoms with Gasteiger partial charge >= 0.3 is 0 Å². The summed E-state index contributed by atoms with van der Waals surface area (Å²) in [5.74, 6) is 1.26. The number of nitrogens with zero attached hydrogens (tertiary/aromatic N) is 2. The average molecular weight is 290 g/mol. The molecule has 0 unspecified atom stereocenters. The van der Waals surface area contributed by atoms with Crippen LogP contribution in [0.25, 0.3) is 0 Å². The molecule has 0 aliphatic heterocycles. The molecule has 5 heteroatoms. The number of aliphatic hydroxyl groups is 1. The van der Waals surface area contributed by atoms with Gasteiger partial charge < -0.3 is 19.1 Å². The van der Waals surface area contributed by atoms with E-state index in [4.69, 9.17) is 9.47 Å². The molecule has 2 aromatic rings. The zero-order chi connectivity index (χ0) is 15.1. The molecule has 0 aliphatic carbocycles. The summed E-state index contributed by atoms with van der Waals surface area (Å²) in [6, 6.07) is 5.53. The largest absolute Gasteiger partial charge is 0.490 e. The molecular weight excluding hydrogens is 268 g/mol. The number of imidazole rings is 1. The van der Waals surface area contributed by atoms with Gasteiger partial charge in [0, 0.05) is 12.1 Å². The smallest absolute Gasteiger partial charge is 0.167 e. The van der Waals surface area contributed by atoms with Gasteiger partial charge in [-0.25, -0.2) is 4.98 Å². The molecule has 0 radical (unpaired) electrons. The summed E-state index contributed by atoms with van der Waals surface area (Å²) in [6.07, 6.45) is 4.65. The van der Waals surface area contributed by atoms with Gasteiger partial charge in [-0.15, -0.1) is 0 Å². The van der Waals surface area contributed by atoms with E-state index in [1.54, 1.807) is 6.20 Å². The molecule has 0 amide bonds. The number of rotatable bonds is 8. The number of aromatic nitrogens is 2. The van der Waals surface area contributed by atoms with Crippen LogP contribution in [-0.2, 0) is 19.8 Å². The first-order valence-corrected chi connectivity index (χ1v) is 7.27. The average Bonchev–Trinajstić information content (AvgIpc) is 2.94. The van der Waals surface area contributed by atoms with Gasteiger partial charge in [-0.1, -0.05) is 19.1 Å². The minimum atomic E-state index is -0.0789. The zero-order valence-electron chi connectivity index (χ0n) is 12.6. The molecule has 2 rings (SSSR count).